The summed E-state index contributed by atoms with van der Waals surface area (Å²) in [4.78, 5) is 16.9. The Morgan fingerprint density at radius 1 is 1.19 bits per heavy atom. The second-order valence-corrected chi connectivity index (χ2v) is 7.49. The standard InChI is InChI=1S/C19H26N2O5S/c1-19(13-26-15-25-11-10-23-2,18(22)21-9-8-20-14-21)27-12-16-4-6-17(24-3)7-5-16/h4-9,14H,10-13,15H2,1-3H3/t19-/m0/s1. The Labute approximate surface area is 164 Å². The molecule has 0 aliphatic heterocycles. The summed E-state index contributed by atoms with van der Waals surface area (Å²) >= 11 is 1.52. The van der Waals surface area contributed by atoms with E-state index in [1.807, 2.05) is 31.2 Å². The van der Waals surface area contributed by atoms with E-state index in [4.69, 9.17) is 18.9 Å². The summed E-state index contributed by atoms with van der Waals surface area (Å²) in [5.74, 6) is 1.38. The van der Waals surface area contributed by atoms with Gasteiger partial charge < -0.3 is 18.9 Å². The van der Waals surface area contributed by atoms with Crippen LogP contribution in [0.5, 0.6) is 5.75 Å². The Morgan fingerprint density at radius 3 is 2.59 bits per heavy atom. The zero-order chi connectivity index (χ0) is 19.5. The molecule has 0 unspecified atom stereocenters. The number of benzene rings is 1. The van der Waals surface area contributed by atoms with Gasteiger partial charge in [0.2, 0.25) is 5.91 Å². The molecule has 1 atom stereocenters. The Hall–Kier alpha value is -1.87. The van der Waals surface area contributed by atoms with Gasteiger partial charge in [-0.3, -0.25) is 9.36 Å². The lowest BCUT2D eigenvalue weighted by Gasteiger charge is -2.27. The van der Waals surface area contributed by atoms with Gasteiger partial charge in [0, 0.05) is 25.3 Å². The minimum atomic E-state index is -0.786. The Bertz CT molecular complexity index is 678. The number of carbonyl (C=O) groups is 1. The summed E-state index contributed by atoms with van der Waals surface area (Å²) in [6, 6.07) is 7.79. The highest BCUT2D eigenvalue weighted by molar-refractivity contribution is 8.00. The molecule has 0 radical (unpaired) electrons. The highest BCUT2D eigenvalue weighted by Crippen LogP contribution is 2.31. The molecule has 0 aliphatic carbocycles. The van der Waals surface area contributed by atoms with Gasteiger partial charge in [0.05, 0.1) is 26.9 Å². The molecule has 0 amide bonds. The van der Waals surface area contributed by atoms with Crippen LogP contribution in [0.1, 0.15) is 17.3 Å². The molecule has 27 heavy (non-hydrogen) atoms. The smallest absolute Gasteiger partial charge is 0.250 e. The van der Waals surface area contributed by atoms with Crippen molar-refractivity contribution in [1.29, 1.82) is 0 Å². The predicted molar refractivity (Wildman–Crippen MR) is 104 cm³/mol. The molecule has 2 aromatic rings. The van der Waals surface area contributed by atoms with Gasteiger partial charge in [0.15, 0.2) is 0 Å². The molecule has 0 saturated heterocycles. The summed E-state index contributed by atoms with van der Waals surface area (Å²) in [6.07, 6.45) is 4.73. The number of carbonyl (C=O) groups excluding carboxylic acids is 1. The van der Waals surface area contributed by atoms with E-state index in [9.17, 15) is 4.79 Å². The molecule has 0 saturated carbocycles. The van der Waals surface area contributed by atoms with Gasteiger partial charge >= 0.3 is 0 Å². The molecule has 1 aromatic heterocycles. The summed E-state index contributed by atoms with van der Waals surface area (Å²) in [5.41, 5.74) is 1.10. The maximum Gasteiger partial charge on any atom is 0.250 e. The Balaban J connectivity index is 1.98. The molecule has 8 heteroatoms. The maximum absolute atomic E-state index is 13.0. The molecule has 0 aliphatic rings. The van der Waals surface area contributed by atoms with E-state index in [1.165, 1.54) is 22.7 Å². The van der Waals surface area contributed by atoms with Crippen molar-refractivity contribution in [1.82, 2.24) is 9.55 Å². The van der Waals surface area contributed by atoms with Crippen LogP contribution < -0.4 is 4.74 Å². The lowest BCUT2D eigenvalue weighted by atomic mass is 10.1. The summed E-state index contributed by atoms with van der Waals surface area (Å²) in [5, 5.41) is 0. The predicted octanol–water partition coefficient (Wildman–Crippen LogP) is 2.86. The molecular weight excluding hydrogens is 368 g/mol. The first-order valence-electron chi connectivity index (χ1n) is 8.53. The van der Waals surface area contributed by atoms with E-state index in [2.05, 4.69) is 4.98 Å². The fraction of sp³-hybridized carbons (Fsp3) is 0.474. The first kappa shape index (κ1) is 21.4. The van der Waals surface area contributed by atoms with Crippen molar-refractivity contribution in [2.24, 2.45) is 0 Å². The summed E-state index contributed by atoms with van der Waals surface area (Å²) in [6.45, 7) is 3.15. The van der Waals surface area contributed by atoms with Crippen LogP contribution in [0.25, 0.3) is 0 Å². The number of imidazole rings is 1. The minimum absolute atomic E-state index is 0.0876. The van der Waals surface area contributed by atoms with Gasteiger partial charge in [0.25, 0.3) is 0 Å². The van der Waals surface area contributed by atoms with Crippen LogP contribution in [0.2, 0.25) is 0 Å². The summed E-state index contributed by atoms with van der Waals surface area (Å²) in [7, 11) is 3.25. The first-order chi connectivity index (χ1) is 13.1. The largest absolute Gasteiger partial charge is 0.497 e. The van der Waals surface area contributed by atoms with E-state index >= 15 is 0 Å². The quantitative estimate of drug-likeness (QED) is 0.405. The maximum atomic E-state index is 13.0. The topological polar surface area (TPSA) is 71.8 Å². The molecule has 1 aromatic carbocycles. The van der Waals surface area contributed by atoms with Crippen molar-refractivity contribution in [3.8, 4) is 5.75 Å². The zero-order valence-electron chi connectivity index (χ0n) is 15.9. The van der Waals surface area contributed by atoms with E-state index in [0.717, 1.165) is 11.3 Å². The van der Waals surface area contributed by atoms with Crippen LogP contribution in [-0.4, -0.2) is 61.0 Å². The third-order valence-electron chi connectivity index (χ3n) is 3.88. The number of hydrogen-bond acceptors (Lipinski definition) is 7. The van der Waals surface area contributed by atoms with Gasteiger partial charge in [-0.2, -0.15) is 0 Å². The van der Waals surface area contributed by atoms with Crippen molar-refractivity contribution >= 4 is 17.7 Å². The van der Waals surface area contributed by atoms with Crippen molar-refractivity contribution in [2.75, 3.05) is 40.8 Å². The Kier molecular flexibility index (Phi) is 8.80. The van der Waals surface area contributed by atoms with Gasteiger partial charge in [0.1, 0.15) is 23.6 Å². The number of hydrogen-bond donors (Lipinski definition) is 0. The fourth-order valence-electron chi connectivity index (χ4n) is 2.28. The molecule has 0 bridgehead atoms. The number of thioether (sulfide) groups is 1. The van der Waals surface area contributed by atoms with Gasteiger partial charge in [-0.15, -0.1) is 11.8 Å². The van der Waals surface area contributed by atoms with Crippen LogP contribution in [0.4, 0.5) is 0 Å². The zero-order valence-corrected chi connectivity index (χ0v) is 16.7. The van der Waals surface area contributed by atoms with E-state index in [1.54, 1.807) is 26.6 Å². The number of nitrogens with zero attached hydrogens (tertiary/aromatic N) is 2. The van der Waals surface area contributed by atoms with Crippen LogP contribution in [-0.2, 0) is 20.0 Å². The fourth-order valence-corrected chi connectivity index (χ4v) is 3.35. The molecule has 0 N–H and O–H groups in total. The average molecular weight is 394 g/mol. The molecule has 0 spiro atoms. The molecule has 2 rings (SSSR count). The van der Waals surface area contributed by atoms with Crippen LogP contribution >= 0.6 is 11.8 Å². The van der Waals surface area contributed by atoms with E-state index in [-0.39, 0.29) is 19.3 Å². The molecule has 0 fully saturated rings. The molecule has 148 valence electrons. The summed E-state index contributed by atoms with van der Waals surface area (Å²) < 4.78 is 21.7. The average Bonchev–Trinajstić information content (AvgIpc) is 3.23. The van der Waals surface area contributed by atoms with E-state index in [0.29, 0.717) is 19.0 Å². The van der Waals surface area contributed by atoms with Crippen molar-refractivity contribution in [3.63, 3.8) is 0 Å². The Morgan fingerprint density at radius 2 is 1.96 bits per heavy atom. The number of methoxy groups -OCH3 is 2. The van der Waals surface area contributed by atoms with E-state index < -0.39 is 4.75 Å². The van der Waals surface area contributed by atoms with Gasteiger partial charge in [-0.1, -0.05) is 12.1 Å². The monoisotopic (exact) mass is 394 g/mol. The molecule has 7 nitrogen and oxygen atoms in total. The first-order valence-corrected chi connectivity index (χ1v) is 9.51. The van der Waals surface area contributed by atoms with Crippen molar-refractivity contribution < 1.29 is 23.7 Å². The second kappa shape index (κ2) is 11.1. The lowest BCUT2D eigenvalue weighted by molar-refractivity contribution is -0.0688. The molecule has 1 heterocycles. The van der Waals surface area contributed by atoms with Gasteiger partial charge in [-0.25, -0.2) is 4.98 Å². The van der Waals surface area contributed by atoms with Crippen molar-refractivity contribution in [2.45, 2.75) is 17.4 Å². The SMILES string of the molecule is COCCOCOC[C@](C)(SCc1ccc(OC)cc1)C(=O)n1ccnc1. The second-order valence-electron chi connectivity index (χ2n) is 6.01. The highest BCUT2D eigenvalue weighted by Gasteiger charge is 2.35. The van der Waals surface area contributed by atoms with Crippen LogP contribution in [0.15, 0.2) is 43.0 Å². The molecular formula is C19H26N2O5S. The minimum Gasteiger partial charge on any atom is -0.497 e. The third kappa shape index (κ3) is 6.66. The number of rotatable bonds is 12. The lowest BCUT2D eigenvalue weighted by Crippen LogP contribution is -2.40. The normalized spacial score (nSPS) is 13.3. The van der Waals surface area contributed by atoms with Crippen molar-refractivity contribution in [3.05, 3.63) is 48.5 Å². The highest BCUT2D eigenvalue weighted by atomic mass is 32.2. The number of aromatic nitrogens is 2. The van der Waals surface area contributed by atoms with Crippen LogP contribution in [0, 0.1) is 0 Å². The van der Waals surface area contributed by atoms with Crippen LogP contribution in [0.3, 0.4) is 0 Å². The third-order valence-corrected chi connectivity index (χ3v) is 5.29. The number of ether oxygens (including phenoxy) is 4. The van der Waals surface area contributed by atoms with Gasteiger partial charge in [-0.05, 0) is 24.6 Å².